The van der Waals surface area contributed by atoms with Gasteiger partial charge in [-0.1, -0.05) is 12.5 Å². The van der Waals surface area contributed by atoms with Crippen LogP contribution in [0, 0.1) is 6.92 Å². The van der Waals surface area contributed by atoms with Crippen molar-refractivity contribution in [3.05, 3.63) is 23.8 Å². The highest BCUT2D eigenvalue weighted by atomic mass is 32.2. The Morgan fingerprint density at radius 2 is 1.67 bits per heavy atom. The van der Waals surface area contributed by atoms with E-state index in [1.54, 1.807) is 22.5 Å². The summed E-state index contributed by atoms with van der Waals surface area (Å²) in [7, 11) is -3.51. The van der Waals surface area contributed by atoms with Crippen LogP contribution in [0.5, 0.6) is 0 Å². The lowest BCUT2D eigenvalue weighted by atomic mass is 10.2. The number of anilines is 1. The molecule has 1 aromatic carbocycles. The smallest absolute Gasteiger partial charge is 0.279 e. The Morgan fingerprint density at radius 3 is 2.33 bits per heavy atom. The molecule has 0 unspecified atom stereocenters. The fourth-order valence-electron chi connectivity index (χ4n) is 4.04. The van der Waals surface area contributed by atoms with Crippen LogP contribution in [0.1, 0.15) is 50.5 Å². The van der Waals surface area contributed by atoms with E-state index in [0.717, 1.165) is 37.9 Å². The van der Waals surface area contributed by atoms with Gasteiger partial charge in [0.2, 0.25) is 10.0 Å². The molecule has 2 aliphatic heterocycles. The summed E-state index contributed by atoms with van der Waals surface area (Å²) in [6.07, 6.45) is 7.75. The summed E-state index contributed by atoms with van der Waals surface area (Å²) in [6, 6.07) is 5.19. The van der Waals surface area contributed by atoms with E-state index in [0.29, 0.717) is 30.2 Å². The van der Waals surface area contributed by atoms with Gasteiger partial charge in [0.25, 0.3) is 5.91 Å². The van der Waals surface area contributed by atoms with Gasteiger partial charge in [-0.25, -0.2) is 8.42 Å². The van der Waals surface area contributed by atoms with Crippen LogP contribution in [0.3, 0.4) is 0 Å². The van der Waals surface area contributed by atoms with Crippen LogP contribution in [0.15, 0.2) is 23.1 Å². The summed E-state index contributed by atoms with van der Waals surface area (Å²) in [6.45, 7) is 5.49. The maximum Gasteiger partial charge on any atom is 0.279 e. The average Bonchev–Trinajstić information content (AvgIpc) is 2.92. The Morgan fingerprint density at radius 1 is 1.04 bits per heavy atom. The zero-order valence-corrected chi connectivity index (χ0v) is 17.1. The predicted octanol–water partition coefficient (Wildman–Crippen LogP) is 1.57. The highest BCUT2D eigenvalue weighted by Gasteiger charge is 2.27. The van der Waals surface area contributed by atoms with Crippen molar-refractivity contribution in [2.24, 2.45) is 0 Å². The number of hydrogen-bond donors (Lipinski definition) is 2. The number of likely N-dealkylation sites (tertiary alicyclic amines) is 1. The minimum atomic E-state index is -3.51. The van der Waals surface area contributed by atoms with Crippen LogP contribution < -0.4 is 10.2 Å². The first kappa shape index (κ1) is 20.3. The van der Waals surface area contributed by atoms with Crippen LogP contribution in [-0.4, -0.2) is 51.4 Å². The van der Waals surface area contributed by atoms with Gasteiger partial charge in [0.1, 0.15) is 0 Å². The molecule has 27 heavy (non-hydrogen) atoms. The van der Waals surface area contributed by atoms with Crippen molar-refractivity contribution in [3.63, 3.8) is 0 Å². The number of carbonyl (C=O) groups excluding carboxylic acids is 1. The minimum absolute atomic E-state index is 0.0444. The normalized spacial score (nSPS) is 20.2. The van der Waals surface area contributed by atoms with Crippen molar-refractivity contribution in [2.45, 2.75) is 56.8 Å². The molecular formula is C20H32N3O3S+. The van der Waals surface area contributed by atoms with Gasteiger partial charge in [-0.15, -0.1) is 0 Å². The quantitative estimate of drug-likeness (QED) is 0.796. The molecule has 0 aromatic heterocycles. The molecule has 0 aliphatic carbocycles. The number of rotatable bonds is 5. The molecule has 0 bridgehead atoms. The SMILES string of the molecule is Cc1ccc(NC(=O)C[NH+]2CCCCCC2)cc1S(=O)(=O)N1CCCCC1. The van der Waals surface area contributed by atoms with Crippen LogP contribution in [-0.2, 0) is 14.8 Å². The predicted molar refractivity (Wildman–Crippen MR) is 106 cm³/mol. The topological polar surface area (TPSA) is 70.9 Å². The molecule has 2 N–H and O–H groups in total. The molecule has 3 rings (SSSR count). The molecule has 1 amide bonds. The second kappa shape index (κ2) is 9.17. The zero-order chi connectivity index (χ0) is 19.3. The summed E-state index contributed by atoms with van der Waals surface area (Å²) in [5.41, 5.74) is 1.28. The van der Waals surface area contributed by atoms with Crippen LogP contribution in [0.25, 0.3) is 0 Å². The molecular weight excluding hydrogens is 362 g/mol. The zero-order valence-electron chi connectivity index (χ0n) is 16.3. The molecule has 2 saturated heterocycles. The maximum absolute atomic E-state index is 13.0. The largest absolute Gasteiger partial charge is 0.327 e. The molecule has 7 heteroatoms. The van der Waals surface area contributed by atoms with Crippen molar-refractivity contribution >= 4 is 21.6 Å². The number of hydrogen-bond acceptors (Lipinski definition) is 3. The fraction of sp³-hybridized carbons (Fsp3) is 0.650. The molecule has 6 nitrogen and oxygen atoms in total. The van der Waals surface area contributed by atoms with Crippen molar-refractivity contribution in [2.75, 3.05) is 38.0 Å². The molecule has 0 spiro atoms. The standard InChI is InChI=1S/C20H31N3O3S/c1-17-9-10-18(21-20(24)16-22-11-5-2-3-6-12-22)15-19(17)27(25,26)23-13-7-4-8-14-23/h9-10,15H,2-8,11-14,16H2,1H3,(H,21,24)/p+1. The van der Waals surface area contributed by atoms with Crippen molar-refractivity contribution in [1.82, 2.24) is 4.31 Å². The number of sulfonamides is 1. The third-order valence-electron chi connectivity index (χ3n) is 5.63. The maximum atomic E-state index is 13.0. The lowest BCUT2D eigenvalue weighted by Gasteiger charge is -2.26. The molecule has 0 saturated carbocycles. The molecule has 2 aliphatic rings. The van der Waals surface area contributed by atoms with Crippen molar-refractivity contribution in [3.8, 4) is 0 Å². The number of amides is 1. The van der Waals surface area contributed by atoms with Gasteiger partial charge in [0.15, 0.2) is 6.54 Å². The third kappa shape index (κ3) is 5.30. The second-order valence-corrected chi connectivity index (χ2v) is 9.74. The molecule has 150 valence electrons. The van der Waals surface area contributed by atoms with Gasteiger partial charge >= 0.3 is 0 Å². The summed E-state index contributed by atoms with van der Waals surface area (Å²) >= 11 is 0. The summed E-state index contributed by atoms with van der Waals surface area (Å²) < 4.78 is 27.6. The Balaban J connectivity index is 1.70. The van der Waals surface area contributed by atoms with Crippen LogP contribution in [0.2, 0.25) is 0 Å². The Labute approximate surface area is 163 Å². The lowest BCUT2D eigenvalue weighted by Crippen LogP contribution is -3.12. The van der Waals surface area contributed by atoms with E-state index in [9.17, 15) is 13.2 Å². The first-order chi connectivity index (χ1) is 13.0. The lowest BCUT2D eigenvalue weighted by molar-refractivity contribution is -0.890. The Kier molecular flexibility index (Phi) is 6.89. The van der Waals surface area contributed by atoms with Gasteiger partial charge in [-0.05, 0) is 63.1 Å². The van der Waals surface area contributed by atoms with Gasteiger partial charge in [-0.3, -0.25) is 4.79 Å². The Hall–Kier alpha value is -1.44. The van der Waals surface area contributed by atoms with E-state index in [1.165, 1.54) is 30.6 Å². The molecule has 0 atom stereocenters. The number of benzene rings is 1. The van der Waals surface area contributed by atoms with Gasteiger partial charge < -0.3 is 10.2 Å². The number of piperidine rings is 1. The van der Waals surface area contributed by atoms with Crippen LogP contribution >= 0.6 is 0 Å². The van der Waals surface area contributed by atoms with Gasteiger partial charge in [0.05, 0.1) is 18.0 Å². The number of quaternary nitrogens is 1. The van der Waals surface area contributed by atoms with E-state index >= 15 is 0 Å². The van der Waals surface area contributed by atoms with Gasteiger partial charge in [0, 0.05) is 18.8 Å². The first-order valence-corrected chi connectivity index (χ1v) is 11.6. The summed E-state index contributed by atoms with van der Waals surface area (Å²) in [5.74, 6) is -0.0444. The van der Waals surface area contributed by atoms with Crippen molar-refractivity contribution in [1.29, 1.82) is 0 Å². The average molecular weight is 395 g/mol. The second-order valence-electron chi connectivity index (χ2n) is 7.83. The van der Waals surface area contributed by atoms with E-state index in [4.69, 9.17) is 0 Å². The Bertz CT molecular complexity index is 750. The molecule has 2 fully saturated rings. The highest BCUT2D eigenvalue weighted by Crippen LogP contribution is 2.26. The minimum Gasteiger partial charge on any atom is -0.327 e. The van der Waals surface area contributed by atoms with E-state index in [1.807, 2.05) is 6.92 Å². The van der Waals surface area contributed by atoms with E-state index in [2.05, 4.69) is 5.32 Å². The summed E-state index contributed by atoms with van der Waals surface area (Å²) in [4.78, 5) is 14.1. The van der Waals surface area contributed by atoms with Crippen LogP contribution in [0.4, 0.5) is 5.69 Å². The number of carbonyl (C=O) groups is 1. The summed E-state index contributed by atoms with van der Waals surface area (Å²) in [5, 5.41) is 2.91. The monoisotopic (exact) mass is 394 g/mol. The van der Waals surface area contributed by atoms with Crippen molar-refractivity contribution < 1.29 is 18.1 Å². The van der Waals surface area contributed by atoms with E-state index < -0.39 is 10.0 Å². The molecule has 1 aromatic rings. The molecule has 2 heterocycles. The number of nitrogens with one attached hydrogen (secondary N) is 2. The van der Waals surface area contributed by atoms with Gasteiger partial charge in [-0.2, -0.15) is 4.31 Å². The molecule has 0 radical (unpaired) electrons. The number of nitrogens with zero attached hydrogens (tertiary/aromatic N) is 1. The highest BCUT2D eigenvalue weighted by molar-refractivity contribution is 7.89. The van der Waals surface area contributed by atoms with E-state index in [-0.39, 0.29) is 5.91 Å². The fourth-order valence-corrected chi connectivity index (χ4v) is 5.81. The first-order valence-electron chi connectivity index (χ1n) is 10.2. The number of aryl methyl sites for hydroxylation is 1. The third-order valence-corrected chi connectivity index (χ3v) is 7.67.